The highest BCUT2D eigenvalue weighted by molar-refractivity contribution is 7.76. The van der Waals surface area contributed by atoms with Gasteiger partial charge in [-0.05, 0) is 12.8 Å². The topological polar surface area (TPSA) is 43.4 Å². The van der Waals surface area contributed by atoms with Gasteiger partial charge in [0.2, 0.25) is 0 Å². The van der Waals surface area contributed by atoms with Crippen molar-refractivity contribution in [1.29, 1.82) is 0 Å². The van der Waals surface area contributed by atoms with E-state index in [0.29, 0.717) is 13.1 Å². The second kappa shape index (κ2) is 3.99. The molecule has 1 aliphatic heterocycles. The van der Waals surface area contributed by atoms with E-state index in [1.165, 1.54) is 9.88 Å². The maximum absolute atomic E-state index is 10.4. The van der Waals surface area contributed by atoms with Crippen LogP contribution in [0.4, 0.5) is 0 Å². The SMILES string of the molecule is CCC1=CCN(S(=O)[O-])CC1. The van der Waals surface area contributed by atoms with Gasteiger partial charge in [0.1, 0.15) is 0 Å². The molecule has 0 amide bonds. The first-order chi connectivity index (χ1) is 5.24. The lowest BCUT2D eigenvalue weighted by atomic mass is 10.1. The highest BCUT2D eigenvalue weighted by Crippen LogP contribution is 2.13. The molecule has 1 aliphatic rings. The van der Waals surface area contributed by atoms with Crippen molar-refractivity contribution in [1.82, 2.24) is 4.31 Å². The zero-order chi connectivity index (χ0) is 8.27. The average Bonchev–Trinajstić information content (AvgIpc) is 2.05. The lowest BCUT2D eigenvalue weighted by Gasteiger charge is -2.27. The van der Waals surface area contributed by atoms with Crippen LogP contribution in [0.2, 0.25) is 0 Å². The molecule has 0 fully saturated rings. The molecule has 64 valence electrons. The van der Waals surface area contributed by atoms with Crippen molar-refractivity contribution in [3.05, 3.63) is 11.6 Å². The summed E-state index contributed by atoms with van der Waals surface area (Å²) < 4.78 is 22.3. The van der Waals surface area contributed by atoms with E-state index in [4.69, 9.17) is 0 Å². The molecule has 0 aromatic rings. The normalized spacial score (nSPS) is 22.9. The van der Waals surface area contributed by atoms with Crippen molar-refractivity contribution < 1.29 is 8.76 Å². The molecule has 1 unspecified atom stereocenters. The van der Waals surface area contributed by atoms with Gasteiger partial charge in [-0.2, -0.15) is 0 Å². The van der Waals surface area contributed by atoms with Crippen LogP contribution >= 0.6 is 0 Å². The fourth-order valence-electron chi connectivity index (χ4n) is 1.15. The summed E-state index contributed by atoms with van der Waals surface area (Å²) in [5, 5.41) is 0. The first kappa shape index (κ1) is 8.90. The average molecular weight is 174 g/mol. The Morgan fingerprint density at radius 3 is 2.91 bits per heavy atom. The van der Waals surface area contributed by atoms with E-state index in [0.717, 1.165) is 12.8 Å². The fourth-order valence-corrected chi connectivity index (χ4v) is 1.59. The second-order valence-corrected chi connectivity index (χ2v) is 3.52. The first-order valence-corrected chi connectivity index (χ1v) is 4.79. The van der Waals surface area contributed by atoms with Crippen molar-refractivity contribution in [3.63, 3.8) is 0 Å². The van der Waals surface area contributed by atoms with Crippen molar-refractivity contribution in [2.24, 2.45) is 0 Å². The molecule has 0 aromatic heterocycles. The summed E-state index contributed by atoms with van der Waals surface area (Å²) in [5.41, 5.74) is 1.37. The van der Waals surface area contributed by atoms with E-state index >= 15 is 0 Å². The summed E-state index contributed by atoms with van der Waals surface area (Å²) in [6.07, 6.45) is 3.93. The molecule has 0 bridgehead atoms. The van der Waals surface area contributed by atoms with Crippen LogP contribution in [0, 0.1) is 0 Å². The van der Waals surface area contributed by atoms with Gasteiger partial charge >= 0.3 is 0 Å². The Bertz CT molecular complexity index is 191. The Morgan fingerprint density at radius 1 is 1.82 bits per heavy atom. The molecule has 11 heavy (non-hydrogen) atoms. The maximum atomic E-state index is 10.4. The first-order valence-electron chi connectivity index (χ1n) is 3.76. The van der Waals surface area contributed by atoms with E-state index in [2.05, 4.69) is 6.92 Å². The van der Waals surface area contributed by atoms with E-state index in [-0.39, 0.29) is 0 Å². The van der Waals surface area contributed by atoms with Crippen molar-refractivity contribution in [3.8, 4) is 0 Å². The predicted octanol–water partition coefficient (Wildman–Crippen LogP) is 0.823. The number of nitrogens with zero attached hydrogens (tertiary/aromatic N) is 1. The number of hydrogen-bond donors (Lipinski definition) is 0. The zero-order valence-electron chi connectivity index (χ0n) is 6.58. The standard InChI is InChI=1S/C7H13NO2S/c1-2-7-3-5-8(6-4-7)11(9)10/h3H,2,4-6H2,1H3,(H,9,10)/p-1. The summed E-state index contributed by atoms with van der Waals surface area (Å²) in [6, 6.07) is 0. The second-order valence-electron chi connectivity index (χ2n) is 2.57. The molecule has 0 saturated heterocycles. The van der Waals surface area contributed by atoms with Gasteiger partial charge in [0, 0.05) is 24.4 Å². The molecule has 0 radical (unpaired) electrons. The van der Waals surface area contributed by atoms with Crippen LogP contribution in [0.15, 0.2) is 11.6 Å². The van der Waals surface area contributed by atoms with E-state index in [1.807, 2.05) is 6.08 Å². The van der Waals surface area contributed by atoms with Gasteiger partial charge < -0.3 is 4.55 Å². The molecular weight excluding hydrogens is 162 g/mol. The van der Waals surface area contributed by atoms with Gasteiger partial charge in [-0.3, -0.25) is 4.21 Å². The number of rotatable bonds is 2. The monoisotopic (exact) mass is 174 g/mol. The third kappa shape index (κ3) is 2.39. The molecule has 1 atom stereocenters. The van der Waals surface area contributed by atoms with Gasteiger partial charge in [-0.1, -0.05) is 18.6 Å². The highest BCUT2D eigenvalue weighted by Gasteiger charge is 2.09. The van der Waals surface area contributed by atoms with Crippen LogP contribution in [-0.2, 0) is 11.3 Å². The van der Waals surface area contributed by atoms with Crippen molar-refractivity contribution in [2.75, 3.05) is 13.1 Å². The Balaban J connectivity index is 2.47. The summed E-state index contributed by atoms with van der Waals surface area (Å²) in [5.74, 6) is 0. The maximum Gasteiger partial charge on any atom is 0.0285 e. The van der Waals surface area contributed by atoms with Gasteiger partial charge in [-0.15, -0.1) is 0 Å². The minimum atomic E-state index is -2.03. The summed E-state index contributed by atoms with van der Waals surface area (Å²) >= 11 is -2.03. The number of hydrogen-bond acceptors (Lipinski definition) is 2. The predicted molar refractivity (Wildman–Crippen MR) is 43.5 cm³/mol. The van der Waals surface area contributed by atoms with Gasteiger partial charge in [0.05, 0.1) is 0 Å². The van der Waals surface area contributed by atoms with Crippen LogP contribution in [0.3, 0.4) is 0 Å². The molecule has 0 spiro atoms. The van der Waals surface area contributed by atoms with E-state index in [9.17, 15) is 8.76 Å². The van der Waals surface area contributed by atoms with Crippen LogP contribution in [0.25, 0.3) is 0 Å². The summed E-state index contributed by atoms with van der Waals surface area (Å²) in [7, 11) is 0. The van der Waals surface area contributed by atoms with Gasteiger partial charge in [0.25, 0.3) is 0 Å². The van der Waals surface area contributed by atoms with E-state index in [1.54, 1.807) is 0 Å². The zero-order valence-corrected chi connectivity index (χ0v) is 7.39. The highest BCUT2D eigenvalue weighted by atomic mass is 32.2. The largest absolute Gasteiger partial charge is 0.760 e. The molecule has 0 aromatic carbocycles. The lowest BCUT2D eigenvalue weighted by Crippen LogP contribution is -2.30. The molecule has 4 heteroatoms. The molecule has 0 N–H and O–H groups in total. The molecule has 3 nitrogen and oxygen atoms in total. The fraction of sp³-hybridized carbons (Fsp3) is 0.714. The van der Waals surface area contributed by atoms with Crippen molar-refractivity contribution in [2.45, 2.75) is 19.8 Å². The lowest BCUT2D eigenvalue weighted by molar-refractivity contribution is 0.402. The Hall–Kier alpha value is -0.190. The van der Waals surface area contributed by atoms with Crippen LogP contribution < -0.4 is 0 Å². The van der Waals surface area contributed by atoms with Gasteiger partial charge in [-0.25, -0.2) is 4.31 Å². The van der Waals surface area contributed by atoms with Crippen molar-refractivity contribution >= 4 is 11.3 Å². The Morgan fingerprint density at radius 2 is 2.55 bits per heavy atom. The molecular formula is C7H12NO2S-. The minimum absolute atomic E-state index is 0.555. The molecule has 0 aliphatic carbocycles. The summed E-state index contributed by atoms with van der Waals surface area (Å²) in [4.78, 5) is 0. The molecule has 0 saturated carbocycles. The Labute approximate surface area is 69.5 Å². The molecule has 1 rings (SSSR count). The third-order valence-electron chi connectivity index (χ3n) is 1.93. The third-order valence-corrected chi connectivity index (χ3v) is 2.68. The van der Waals surface area contributed by atoms with Gasteiger partial charge in [0.15, 0.2) is 0 Å². The van der Waals surface area contributed by atoms with Crippen LogP contribution in [0.5, 0.6) is 0 Å². The van der Waals surface area contributed by atoms with Crippen LogP contribution in [0.1, 0.15) is 19.8 Å². The smallest absolute Gasteiger partial charge is 0.0285 e. The minimum Gasteiger partial charge on any atom is -0.760 e. The Kier molecular flexibility index (Phi) is 3.23. The van der Waals surface area contributed by atoms with Crippen LogP contribution in [-0.4, -0.2) is 26.2 Å². The quantitative estimate of drug-likeness (QED) is 0.459. The summed E-state index contributed by atoms with van der Waals surface area (Å²) in [6.45, 7) is 3.30. The molecule has 1 heterocycles. The van der Waals surface area contributed by atoms with E-state index < -0.39 is 11.3 Å².